The molecule has 16 heavy (non-hydrogen) atoms. The van der Waals surface area contributed by atoms with Crippen LogP contribution in [0.4, 0.5) is 4.79 Å². The SMILES string of the molecule is CC1(C)NC(=O)N(CCOS(C)(=O)=O)C1=O. The van der Waals surface area contributed by atoms with Crippen molar-refractivity contribution >= 4 is 22.1 Å². The molecule has 1 aliphatic rings. The second-order valence-corrected chi connectivity index (χ2v) is 5.68. The Morgan fingerprint density at radius 3 is 2.31 bits per heavy atom. The second-order valence-electron chi connectivity index (χ2n) is 4.04. The molecule has 0 aromatic carbocycles. The molecule has 8 heteroatoms. The molecule has 1 rings (SSSR count). The largest absolute Gasteiger partial charge is 0.325 e. The number of imide groups is 1. The van der Waals surface area contributed by atoms with Crippen molar-refractivity contribution in [2.45, 2.75) is 19.4 Å². The van der Waals surface area contributed by atoms with Crippen molar-refractivity contribution in [3.05, 3.63) is 0 Å². The van der Waals surface area contributed by atoms with E-state index in [4.69, 9.17) is 0 Å². The first kappa shape index (κ1) is 12.9. The van der Waals surface area contributed by atoms with Gasteiger partial charge >= 0.3 is 6.03 Å². The van der Waals surface area contributed by atoms with Crippen molar-refractivity contribution in [2.75, 3.05) is 19.4 Å². The van der Waals surface area contributed by atoms with Crippen LogP contribution in [0.15, 0.2) is 0 Å². The van der Waals surface area contributed by atoms with Gasteiger partial charge in [0.1, 0.15) is 5.54 Å². The quantitative estimate of drug-likeness (QED) is 0.525. The van der Waals surface area contributed by atoms with E-state index in [0.29, 0.717) is 0 Å². The van der Waals surface area contributed by atoms with E-state index < -0.39 is 27.6 Å². The van der Waals surface area contributed by atoms with E-state index in [2.05, 4.69) is 9.50 Å². The van der Waals surface area contributed by atoms with Crippen LogP contribution in [-0.2, 0) is 19.1 Å². The predicted molar refractivity (Wildman–Crippen MR) is 55.1 cm³/mol. The highest BCUT2D eigenvalue weighted by atomic mass is 32.2. The van der Waals surface area contributed by atoms with Gasteiger partial charge in [-0.25, -0.2) is 4.79 Å². The molecule has 0 saturated carbocycles. The summed E-state index contributed by atoms with van der Waals surface area (Å²) in [6.07, 6.45) is 0.906. The Bertz CT molecular complexity index is 414. The molecule has 0 aromatic heterocycles. The van der Waals surface area contributed by atoms with E-state index in [-0.39, 0.29) is 13.2 Å². The summed E-state index contributed by atoms with van der Waals surface area (Å²) in [7, 11) is -3.55. The van der Waals surface area contributed by atoms with E-state index in [1.165, 1.54) is 0 Å². The van der Waals surface area contributed by atoms with Gasteiger partial charge in [-0.3, -0.25) is 13.9 Å². The monoisotopic (exact) mass is 250 g/mol. The van der Waals surface area contributed by atoms with Crippen LogP contribution in [0.25, 0.3) is 0 Å². The minimum atomic E-state index is -3.55. The van der Waals surface area contributed by atoms with Crippen LogP contribution < -0.4 is 5.32 Å². The van der Waals surface area contributed by atoms with Gasteiger partial charge < -0.3 is 5.32 Å². The first-order chi connectivity index (χ1) is 7.13. The van der Waals surface area contributed by atoms with Gasteiger partial charge in [-0.05, 0) is 13.8 Å². The van der Waals surface area contributed by atoms with Gasteiger partial charge in [0.2, 0.25) is 0 Å². The summed E-state index contributed by atoms with van der Waals surface area (Å²) < 4.78 is 25.8. The van der Waals surface area contributed by atoms with Crippen LogP contribution in [-0.4, -0.2) is 50.2 Å². The molecule has 0 radical (unpaired) electrons. The summed E-state index contributed by atoms with van der Waals surface area (Å²) in [6, 6.07) is -0.535. The van der Waals surface area contributed by atoms with Crippen molar-refractivity contribution in [2.24, 2.45) is 0 Å². The zero-order valence-electron chi connectivity index (χ0n) is 9.31. The minimum absolute atomic E-state index is 0.0822. The van der Waals surface area contributed by atoms with Crippen LogP contribution in [0.5, 0.6) is 0 Å². The Hall–Kier alpha value is -1.15. The van der Waals surface area contributed by atoms with Crippen LogP contribution in [0.3, 0.4) is 0 Å². The van der Waals surface area contributed by atoms with Crippen LogP contribution in [0, 0.1) is 0 Å². The van der Waals surface area contributed by atoms with Crippen LogP contribution in [0.1, 0.15) is 13.8 Å². The number of urea groups is 1. The minimum Gasteiger partial charge on any atom is -0.324 e. The number of carbonyl (C=O) groups excluding carboxylic acids is 2. The molecule has 7 nitrogen and oxygen atoms in total. The fraction of sp³-hybridized carbons (Fsp3) is 0.750. The third kappa shape index (κ3) is 2.92. The Labute approximate surface area is 93.9 Å². The molecule has 1 fully saturated rings. The smallest absolute Gasteiger partial charge is 0.324 e. The van der Waals surface area contributed by atoms with E-state index in [1.807, 2.05) is 0 Å². The summed E-state index contributed by atoms with van der Waals surface area (Å²) in [5, 5.41) is 2.47. The molecule has 3 amide bonds. The third-order valence-electron chi connectivity index (χ3n) is 2.06. The number of nitrogens with zero attached hydrogens (tertiary/aromatic N) is 1. The number of rotatable bonds is 4. The van der Waals surface area contributed by atoms with Crippen molar-refractivity contribution in [3.8, 4) is 0 Å². The number of hydrogen-bond donors (Lipinski definition) is 1. The van der Waals surface area contributed by atoms with E-state index in [9.17, 15) is 18.0 Å². The van der Waals surface area contributed by atoms with Gasteiger partial charge in [-0.2, -0.15) is 8.42 Å². The molecular weight excluding hydrogens is 236 g/mol. The van der Waals surface area contributed by atoms with Gasteiger partial charge in [0.25, 0.3) is 16.0 Å². The van der Waals surface area contributed by atoms with Gasteiger partial charge in [0.05, 0.1) is 19.4 Å². The van der Waals surface area contributed by atoms with E-state index >= 15 is 0 Å². The highest BCUT2D eigenvalue weighted by Gasteiger charge is 2.43. The zero-order valence-corrected chi connectivity index (χ0v) is 10.1. The predicted octanol–water partition coefficient (Wildman–Crippen LogP) is -0.707. The summed E-state index contributed by atoms with van der Waals surface area (Å²) in [5.41, 5.74) is -0.942. The van der Waals surface area contributed by atoms with Crippen molar-refractivity contribution in [1.82, 2.24) is 10.2 Å². The lowest BCUT2D eigenvalue weighted by molar-refractivity contribution is -0.130. The third-order valence-corrected chi connectivity index (χ3v) is 2.65. The summed E-state index contributed by atoms with van der Waals surface area (Å²) in [4.78, 5) is 23.9. The summed E-state index contributed by atoms with van der Waals surface area (Å²) >= 11 is 0. The number of amides is 3. The molecule has 0 aromatic rings. The Balaban J connectivity index is 2.56. The molecule has 0 aliphatic carbocycles. The highest BCUT2D eigenvalue weighted by molar-refractivity contribution is 7.85. The number of nitrogens with one attached hydrogen (secondary N) is 1. The summed E-state index contributed by atoms with van der Waals surface area (Å²) in [5.74, 6) is -0.394. The Morgan fingerprint density at radius 1 is 1.38 bits per heavy atom. The second kappa shape index (κ2) is 4.02. The molecule has 0 unspecified atom stereocenters. The van der Waals surface area contributed by atoms with E-state index in [1.54, 1.807) is 13.8 Å². The number of hydrogen-bond acceptors (Lipinski definition) is 5. The molecular formula is C8H14N2O5S. The molecule has 92 valence electrons. The molecule has 0 bridgehead atoms. The standard InChI is InChI=1S/C8H14N2O5S/c1-8(2)6(11)10(7(12)9-8)4-5-15-16(3,13)14/h4-5H2,1-3H3,(H,9,12). The normalized spacial score (nSPS) is 20.1. The fourth-order valence-corrected chi connectivity index (χ4v) is 1.68. The van der Waals surface area contributed by atoms with Crippen molar-refractivity contribution in [3.63, 3.8) is 0 Å². The summed E-state index contributed by atoms with van der Waals surface area (Å²) in [6.45, 7) is 2.84. The van der Waals surface area contributed by atoms with Crippen molar-refractivity contribution in [1.29, 1.82) is 0 Å². The maximum atomic E-state index is 11.6. The zero-order chi connectivity index (χ0) is 12.6. The van der Waals surface area contributed by atoms with Gasteiger partial charge in [-0.1, -0.05) is 0 Å². The molecule has 1 N–H and O–H groups in total. The first-order valence-electron chi connectivity index (χ1n) is 4.62. The lowest BCUT2D eigenvalue weighted by Crippen LogP contribution is -2.40. The van der Waals surface area contributed by atoms with Crippen LogP contribution in [0.2, 0.25) is 0 Å². The Morgan fingerprint density at radius 2 is 1.94 bits per heavy atom. The topological polar surface area (TPSA) is 92.8 Å². The highest BCUT2D eigenvalue weighted by Crippen LogP contribution is 2.15. The maximum absolute atomic E-state index is 11.6. The lowest BCUT2D eigenvalue weighted by atomic mass is 10.1. The fourth-order valence-electron chi connectivity index (χ4n) is 1.30. The molecule has 1 aliphatic heterocycles. The van der Waals surface area contributed by atoms with Crippen molar-refractivity contribution < 1.29 is 22.2 Å². The molecule has 0 atom stereocenters. The molecule has 1 saturated heterocycles. The molecule has 0 spiro atoms. The lowest BCUT2D eigenvalue weighted by Gasteiger charge is -2.15. The average molecular weight is 250 g/mol. The van der Waals surface area contributed by atoms with E-state index in [0.717, 1.165) is 11.2 Å². The number of carbonyl (C=O) groups is 2. The average Bonchev–Trinajstić information content (AvgIpc) is 2.25. The van der Waals surface area contributed by atoms with Crippen LogP contribution >= 0.6 is 0 Å². The Kier molecular flexibility index (Phi) is 3.25. The maximum Gasteiger partial charge on any atom is 0.325 e. The van der Waals surface area contributed by atoms with Gasteiger partial charge in [-0.15, -0.1) is 0 Å². The molecule has 1 heterocycles. The van der Waals surface area contributed by atoms with Gasteiger partial charge in [0, 0.05) is 0 Å². The first-order valence-corrected chi connectivity index (χ1v) is 6.44. The van der Waals surface area contributed by atoms with Gasteiger partial charge in [0.15, 0.2) is 0 Å².